The van der Waals surface area contributed by atoms with E-state index >= 15 is 0 Å². The van der Waals surface area contributed by atoms with E-state index in [1.165, 1.54) is 21.2 Å². The van der Waals surface area contributed by atoms with Crippen LogP contribution in [0.25, 0.3) is 10.1 Å². The number of aryl methyl sites for hydroxylation is 1. The van der Waals surface area contributed by atoms with Gasteiger partial charge in [-0.05, 0) is 30.0 Å². The summed E-state index contributed by atoms with van der Waals surface area (Å²) >= 11 is 1.81. The Kier molecular flexibility index (Phi) is 3.09. The Morgan fingerprint density at radius 3 is 2.47 bits per heavy atom. The van der Waals surface area contributed by atoms with Gasteiger partial charge in [-0.2, -0.15) is 0 Å². The summed E-state index contributed by atoms with van der Waals surface area (Å²) in [6.45, 7) is 8.98. The van der Waals surface area contributed by atoms with Gasteiger partial charge in [-0.25, -0.2) is 0 Å². The van der Waals surface area contributed by atoms with Crippen LogP contribution in [0.4, 0.5) is 0 Å². The van der Waals surface area contributed by atoms with Crippen molar-refractivity contribution in [3.63, 3.8) is 0 Å². The summed E-state index contributed by atoms with van der Waals surface area (Å²) in [5.41, 5.74) is 2.98. The van der Waals surface area contributed by atoms with Crippen LogP contribution in [-0.4, -0.2) is 7.11 Å². The van der Waals surface area contributed by atoms with Crippen molar-refractivity contribution in [1.29, 1.82) is 0 Å². The molecule has 0 atom stereocenters. The molecule has 0 amide bonds. The molecule has 0 bridgehead atoms. The first-order valence-corrected chi connectivity index (χ1v) is 6.71. The lowest BCUT2D eigenvalue weighted by atomic mass is 9.85. The fourth-order valence-electron chi connectivity index (χ4n) is 2.13. The van der Waals surface area contributed by atoms with Crippen LogP contribution in [-0.2, 0) is 5.41 Å². The molecule has 0 aliphatic heterocycles. The third-order valence-corrected chi connectivity index (χ3v) is 4.07. The lowest BCUT2D eigenvalue weighted by molar-refractivity contribution is 0.415. The molecule has 0 unspecified atom stereocenters. The highest BCUT2D eigenvalue weighted by Crippen LogP contribution is 2.34. The minimum absolute atomic E-state index is 0.192. The molecule has 17 heavy (non-hydrogen) atoms. The second-order valence-electron chi connectivity index (χ2n) is 5.39. The number of hydrogen-bond acceptors (Lipinski definition) is 1. The monoisotopic (exact) mass is 247 g/mol. The van der Waals surface area contributed by atoms with Crippen LogP contribution in [0.3, 0.4) is 0 Å². The van der Waals surface area contributed by atoms with E-state index < -0.39 is 0 Å². The minimum atomic E-state index is 0.192. The van der Waals surface area contributed by atoms with Crippen LogP contribution in [0.2, 0.25) is 0 Å². The lowest BCUT2D eigenvalue weighted by Gasteiger charge is -2.19. The summed E-state index contributed by atoms with van der Waals surface area (Å²) in [6, 6.07) is 6.30. The average Bonchev–Trinajstić information content (AvgIpc) is 2.27. The predicted molar refractivity (Wildman–Crippen MR) is 76.2 cm³/mol. The van der Waals surface area contributed by atoms with Crippen LogP contribution in [0, 0.1) is 6.92 Å². The molecule has 0 N–H and O–H groups in total. The normalized spacial score (nSPS) is 11.8. The molecule has 0 aliphatic carbocycles. The maximum Gasteiger partial charge on any atom is 0.238 e. The molecular formula is C15H19OS+. The van der Waals surface area contributed by atoms with E-state index in [4.69, 9.17) is 4.74 Å². The molecule has 0 spiro atoms. The zero-order chi connectivity index (χ0) is 12.6. The smallest absolute Gasteiger partial charge is 0.238 e. The van der Waals surface area contributed by atoms with E-state index in [2.05, 4.69) is 45.2 Å². The van der Waals surface area contributed by atoms with Crippen LogP contribution in [0.5, 0.6) is 5.75 Å². The molecule has 1 aromatic carbocycles. The summed E-state index contributed by atoms with van der Waals surface area (Å²) in [6.07, 6.45) is 0. The number of rotatable bonds is 1. The Balaban J connectivity index is 2.73. The van der Waals surface area contributed by atoms with Gasteiger partial charge in [0.25, 0.3) is 0 Å². The van der Waals surface area contributed by atoms with Crippen molar-refractivity contribution < 1.29 is 4.74 Å². The third-order valence-electron chi connectivity index (χ3n) is 3.11. The van der Waals surface area contributed by atoms with Gasteiger partial charge < -0.3 is 4.74 Å². The Morgan fingerprint density at radius 2 is 1.88 bits per heavy atom. The Labute approximate surface area is 107 Å². The van der Waals surface area contributed by atoms with Gasteiger partial charge in [0.15, 0.2) is 5.38 Å². The Morgan fingerprint density at radius 1 is 1.18 bits per heavy atom. The van der Waals surface area contributed by atoms with E-state index in [-0.39, 0.29) is 5.41 Å². The number of ether oxygens (including phenoxy) is 1. The second kappa shape index (κ2) is 4.26. The highest BCUT2D eigenvalue weighted by atomic mass is 32.1. The SMILES string of the molecule is COc1ccc2[s+]cc(C(C)(C)C)c(C)c2c1. The van der Waals surface area contributed by atoms with Crippen LogP contribution in [0.15, 0.2) is 23.6 Å². The van der Waals surface area contributed by atoms with Crippen molar-refractivity contribution in [3.05, 3.63) is 34.7 Å². The first-order valence-electron chi connectivity index (χ1n) is 5.83. The van der Waals surface area contributed by atoms with Gasteiger partial charge in [0.2, 0.25) is 16.0 Å². The maximum atomic E-state index is 5.31. The Hall–Kier alpha value is -1.15. The highest BCUT2D eigenvalue weighted by Gasteiger charge is 2.22. The molecule has 1 aromatic heterocycles. The van der Waals surface area contributed by atoms with Crippen LogP contribution in [0.1, 0.15) is 31.9 Å². The molecule has 2 heteroatoms. The standard InChI is InChI=1S/C15H19OS/c1-10-12-8-11(16-5)6-7-14(12)17-9-13(10)15(2,3)4/h6-9H,1-5H3/q+1. The van der Waals surface area contributed by atoms with Gasteiger partial charge in [0.05, 0.1) is 7.11 Å². The van der Waals surface area contributed by atoms with E-state index in [0.29, 0.717) is 0 Å². The van der Waals surface area contributed by atoms with E-state index in [9.17, 15) is 0 Å². The number of methoxy groups -OCH3 is 1. The maximum absolute atomic E-state index is 5.31. The molecule has 1 nitrogen and oxygen atoms in total. The van der Waals surface area contributed by atoms with Crippen molar-refractivity contribution in [2.75, 3.05) is 7.11 Å². The summed E-state index contributed by atoms with van der Waals surface area (Å²) in [7, 11) is 1.72. The minimum Gasteiger partial charge on any atom is -0.497 e. The molecule has 0 saturated carbocycles. The zero-order valence-corrected chi connectivity index (χ0v) is 11.9. The van der Waals surface area contributed by atoms with Gasteiger partial charge in [-0.1, -0.05) is 20.8 Å². The first-order chi connectivity index (χ1) is 7.93. The molecule has 1 heterocycles. The van der Waals surface area contributed by atoms with Gasteiger partial charge in [0, 0.05) is 17.0 Å². The quantitative estimate of drug-likeness (QED) is 0.658. The molecule has 90 valence electrons. The van der Waals surface area contributed by atoms with E-state index in [0.717, 1.165) is 5.75 Å². The summed E-state index contributed by atoms with van der Waals surface area (Å²) in [4.78, 5) is 0. The average molecular weight is 247 g/mol. The Bertz CT molecular complexity index is 553. The molecule has 2 aromatic rings. The van der Waals surface area contributed by atoms with Gasteiger partial charge in [-0.3, -0.25) is 0 Å². The van der Waals surface area contributed by atoms with Gasteiger partial charge in [-0.15, -0.1) is 0 Å². The lowest BCUT2D eigenvalue weighted by Crippen LogP contribution is -2.12. The molecule has 2 rings (SSSR count). The van der Waals surface area contributed by atoms with Gasteiger partial charge in [0.1, 0.15) is 5.75 Å². The van der Waals surface area contributed by atoms with Crippen molar-refractivity contribution in [3.8, 4) is 5.75 Å². The topological polar surface area (TPSA) is 9.23 Å². The first kappa shape index (κ1) is 12.3. The van der Waals surface area contributed by atoms with Crippen molar-refractivity contribution >= 4 is 21.4 Å². The second-order valence-corrected chi connectivity index (χ2v) is 6.30. The molecule has 0 fully saturated rings. The summed E-state index contributed by atoms with van der Waals surface area (Å²) < 4.78 is 6.62. The fourth-order valence-corrected chi connectivity index (χ4v) is 3.39. The summed E-state index contributed by atoms with van der Waals surface area (Å²) in [5, 5.41) is 3.59. The number of fused-ring (bicyclic) bond motifs is 1. The fraction of sp³-hybridized carbons (Fsp3) is 0.400. The van der Waals surface area contributed by atoms with E-state index in [1.807, 2.05) is 17.4 Å². The molecule has 0 radical (unpaired) electrons. The van der Waals surface area contributed by atoms with Gasteiger partial charge >= 0.3 is 0 Å². The highest BCUT2D eigenvalue weighted by molar-refractivity contribution is 7.16. The molecule has 0 saturated heterocycles. The van der Waals surface area contributed by atoms with Crippen molar-refractivity contribution in [2.24, 2.45) is 0 Å². The molecular weight excluding hydrogens is 228 g/mol. The number of benzene rings is 1. The number of hydrogen-bond donors (Lipinski definition) is 0. The summed E-state index contributed by atoms with van der Waals surface area (Å²) in [5.74, 6) is 0.929. The largest absolute Gasteiger partial charge is 0.497 e. The van der Waals surface area contributed by atoms with Crippen molar-refractivity contribution in [1.82, 2.24) is 0 Å². The van der Waals surface area contributed by atoms with E-state index in [1.54, 1.807) is 7.11 Å². The van der Waals surface area contributed by atoms with Crippen LogP contribution < -0.4 is 4.74 Å². The molecule has 0 aliphatic rings. The predicted octanol–water partition coefficient (Wildman–Crippen LogP) is 4.80. The van der Waals surface area contributed by atoms with Crippen LogP contribution >= 0.6 is 11.3 Å². The zero-order valence-electron chi connectivity index (χ0n) is 11.1. The third kappa shape index (κ3) is 2.27. The van der Waals surface area contributed by atoms with Crippen molar-refractivity contribution in [2.45, 2.75) is 33.1 Å².